The summed E-state index contributed by atoms with van der Waals surface area (Å²) in [7, 11) is 4.30. The number of nitrogens with zero attached hydrogens (tertiary/aromatic N) is 5. The first-order chi connectivity index (χ1) is 16.5. The van der Waals surface area contributed by atoms with Gasteiger partial charge in [0.15, 0.2) is 5.69 Å². The fraction of sp³-hybridized carbons (Fsp3) is 0.300. The molecule has 15 heteroatoms. The van der Waals surface area contributed by atoms with Crippen molar-refractivity contribution in [2.45, 2.75) is 13.3 Å². The number of esters is 1. The molecule has 0 atom stereocenters. The number of nitrogens with one attached hydrogen (secondary N) is 1. The van der Waals surface area contributed by atoms with Crippen LogP contribution in [0.4, 0.5) is 38.5 Å². The van der Waals surface area contributed by atoms with Crippen LogP contribution in [0.1, 0.15) is 13.3 Å². The van der Waals surface area contributed by atoms with Crippen molar-refractivity contribution < 1.29 is 33.3 Å². The third kappa shape index (κ3) is 6.66. The highest BCUT2D eigenvalue weighted by Crippen LogP contribution is 2.40. The fourth-order valence-corrected chi connectivity index (χ4v) is 2.89. The zero-order chi connectivity index (χ0) is 26.3. The second-order valence-corrected chi connectivity index (χ2v) is 6.98. The van der Waals surface area contributed by atoms with Crippen molar-refractivity contribution in [2.24, 2.45) is 10.2 Å². The van der Waals surface area contributed by atoms with Crippen LogP contribution in [0.15, 0.2) is 34.5 Å². The number of benzene rings is 2. The summed E-state index contributed by atoms with van der Waals surface area (Å²) in [4.78, 5) is 45.0. The van der Waals surface area contributed by atoms with E-state index in [0.29, 0.717) is 17.8 Å². The molecule has 2 aromatic rings. The first-order valence-electron chi connectivity index (χ1n) is 9.80. The number of hydrogen-bond donors (Lipinski definition) is 1. The number of amides is 1. The van der Waals surface area contributed by atoms with Gasteiger partial charge in [-0.2, -0.15) is 4.39 Å². The standard InChI is InChI=1S/C20H21FN6O8/c1-11(28)22-13-8-18(25(2)6-5-20(29)35-4)19(34-3)9-14(13)23-24-15-7-12(21)16(26(30)31)10-17(15)27(32)33/h7-10H,5-6H2,1-4H3,(H,22,28). The topological polar surface area (TPSA) is 179 Å². The lowest BCUT2D eigenvalue weighted by Gasteiger charge is -2.23. The Hall–Kier alpha value is -4.69. The molecule has 35 heavy (non-hydrogen) atoms. The molecule has 0 fully saturated rings. The predicted molar refractivity (Wildman–Crippen MR) is 121 cm³/mol. The highest BCUT2D eigenvalue weighted by Gasteiger charge is 2.25. The van der Waals surface area contributed by atoms with Gasteiger partial charge in [0.25, 0.3) is 0 Å². The smallest absolute Gasteiger partial charge is 0.311 e. The van der Waals surface area contributed by atoms with Gasteiger partial charge in [-0.1, -0.05) is 0 Å². The lowest BCUT2D eigenvalue weighted by Crippen LogP contribution is -2.22. The number of anilines is 2. The number of rotatable bonds is 10. The molecule has 0 saturated heterocycles. The highest BCUT2D eigenvalue weighted by atomic mass is 19.1. The number of nitro groups is 2. The van der Waals surface area contributed by atoms with Crippen LogP contribution in [0.25, 0.3) is 0 Å². The molecule has 2 aromatic carbocycles. The highest BCUT2D eigenvalue weighted by molar-refractivity contribution is 5.94. The summed E-state index contributed by atoms with van der Waals surface area (Å²) in [6, 6.07) is 3.81. The zero-order valence-electron chi connectivity index (χ0n) is 19.1. The fourth-order valence-electron chi connectivity index (χ4n) is 2.89. The number of azo groups is 1. The van der Waals surface area contributed by atoms with Crippen molar-refractivity contribution in [3.05, 3.63) is 50.3 Å². The van der Waals surface area contributed by atoms with Crippen LogP contribution in [0.5, 0.6) is 5.75 Å². The molecule has 0 radical (unpaired) electrons. The summed E-state index contributed by atoms with van der Waals surface area (Å²) in [5.41, 5.74) is -1.91. The minimum Gasteiger partial charge on any atom is -0.494 e. The Morgan fingerprint density at radius 3 is 2.23 bits per heavy atom. The molecule has 1 N–H and O–H groups in total. The van der Waals surface area contributed by atoms with Gasteiger partial charge < -0.3 is 19.7 Å². The molecular weight excluding hydrogens is 471 g/mol. The molecule has 0 spiro atoms. The van der Waals surface area contributed by atoms with Crippen molar-refractivity contribution >= 4 is 46.0 Å². The molecule has 0 bridgehead atoms. The normalized spacial score (nSPS) is 10.7. The average molecular weight is 492 g/mol. The van der Waals surface area contributed by atoms with Crippen LogP contribution in [-0.4, -0.2) is 49.5 Å². The van der Waals surface area contributed by atoms with Crippen molar-refractivity contribution in [3.63, 3.8) is 0 Å². The van der Waals surface area contributed by atoms with Crippen LogP contribution >= 0.6 is 0 Å². The number of halogens is 1. The van der Waals surface area contributed by atoms with Gasteiger partial charge in [-0.05, 0) is 6.07 Å². The first-order valence-corrected chi connectivity index (χ1v) is 9.80. The van der Waals surface area contributed by atoms with Crippen molar-refractivity contribution in [3.8, 4) is 5.75 Å². The Labute approximate surface area is 197 Å². The van der Waals surface area contributed by atoms with Gasteiger partial charge >= 0.3 is 17.3 Å². The average Bonchev–Trinajstić information content (AvgIpc) is 2.80. The van der Waals surface area contributed by atoms with E-state index in [-0.39, 0.29) is 30.1 Å². The quantitative estimate of drug-likeness (QED) is 0.222. The Kier molecular flexibility index (Phi) is 8.68. The van der Waals surface area contributed by atoms with E-state index in [0.717, 1.165) is 0 Å². The second-order valence-electron chi connectivity index (χ2n) is 6.98. The maximum atomic E-state index is 14.1. The number of ether oxygens (including phenoxy) is 2. The summed E-state index contributed by atoms with van der Waals surface area (Å²) < 4.78 is 24.0. The molecule has 186 valence electrons. The first kappa shape index (κ1) is 26.6. The predicted octanol–water partition coefficient (Wildman–Crippen LogP) is 4.02. The van der Waals surface area contributed by atoms with Crippen molar-refractivity contribution in [1.82, 2.24) is 0 Å². The van der Waals surface area contributed by atoms with E-state index in [1.807, 2.05) is 0 Å². The monoisotopic (exact) mass is 492 g/mol. The molecule has 0 saturated carbocycles. The largest absolute Gasteiger partial charge is 0.494 e. The Morgan fingerprint density at radius 2 is 1.69 bits per heavy atom. The van der Waals surface area contributed by atoms with E-state index in [1.165, 1.54) is 33.3 Å². The van der Waals surface area contributed by atoms with Gasteiger partial charge in [-0.3, -0.25) is 29.8 Å². The number of nitro benzene ring substituents is 2. The Balaban J connectivity index is 2.56. The lowest BCUT2D eigenvalue weighted by atomic mass is 10.2. The van der Waals surface area contributed by atoms with Crippen molar-refractivity contribution in [2.75, 3.05) is 38.0 Å². The molecule has 2 rings (SSSR count). The maximum Gasteiger partial charge on any atom is 0.311 e. The van der Waals surface area contributed by atoms with E-state index < -0.39 is 44.6 Å². The summed E-state index contributed by atoms with van der Waals surface area (Å²) in [5.74, 6) is -1.98. The molecule has 0 aromatic heterocycles. The third-order valence-electron chi connectivity index (χ3n) is 4.60. The molecule has 1 amide bonds. The van der Waals surface area contributed by atoms with Gasteiger partial charge in [0.2, 0.25) is 11.7 Å². The number of methoxy groups -OCH3 is 2. The molecular formula is C20H21FN6O8. The summed E-state index contributed by atoms with van der Waals surface area (Å²) in [5, 5.41) is 32.3. The maximum absolute atomic E-state index is 14.1. The van der Waals surface area contributed by atoms with Gasteiger partial charge in [-0.15, -0.1) is 10.2 Å². The Bertz CT molecular complexity index is 1200. The van der Waals surface area contributed by atoms with E-state index in [2.05, 4.69) is 20.3 Å². The molecule has 0 aliphatic rings. The summed E-state index contributed by atoms with van der Waals surface area (Å²) in [6.45, 7) is 1.49. The van der Waals surface area contributed by atoms with Crippen molar-refractivity contribution in [1.29, 1.82) is 0 Å². The summed E-state index contributed by atoms with van der Waals surface area (Å²) in [6.07, 6.45) is 0.0719. The van der Waals surface area contributed by atoms with Gasteiger partial charge in [-0.25, -0.2) is 0 Å². The van der Waals surface area contributed by atoms with E-state index in [1.54, 1.807) is 11.9 Å². The SMILES string of the molecule is COC(=O)CCN(C)c1cc(NC(C)=O)c(N=Nc2cc(F)c([N+](=O)[O-])cc2[N+](=O)[O-])cc1OC. The zero-order valence-corrected chi connectivity index (χ0v) is 19.1. The minimum atomic E-state index is -1.34. The van der Waals surface area contributed by atoms with Gasteiger partial charge in [0.1, 0.15) is 11.4 Å². The third-order valence-corrected chi connectivity index (χ3v) is 4.60. The van der Waals surface area contributed by atoms with E-state index in [4.69, 9.17) is 4.74 Å². The van der Waals surface area contributed by atoms with Crippen LogP contribution < -0.4 is 15.0 Å². The minimum absolute atomic E-state index is 0.00442. The van der Waals surface area contributed by atoms with Gasteiger partial charge in [0.05, 0.1) is 47.9 Å². The molecule has 0 unspecified atom stereocenters. The van der Waals surface area contributed by atoms with Crippen LogP contribution in [0.3, 0.4) is 0 Å². The van der Waals surface area contributed by atoms with E-state index >= 15 is 0 Å². The van der Waals surface area contributed by atoms with Gasteiger partial charge in [0, 0.05) is 32.6 Å². The van der Waals surface area contributed by atoms with Crippen LogP contribution in [-0.2, 0) is 14.3 Å². The summed E-state index contributed by atoms with van der Waals surface area (Å²) >= 11 is 0. The molecule has 0 aliphatic heterocycles. The van der Waals surface area contributed by atoms with E-state index in [9.17, 15) is 34.2 Å². The number of carbonyl (C=O) groups is 2. The second kappa shape index (κ2) is 11.4. The van der Waals surface area contributed by atoms with Crippen LogP contribution in [0, 0.1) is 26.0 Å². The number of carbonyl (C=O) groups excluding carboxylic acids is 2. The molecule has 0 aliphatic carbocycles. The molecule has 14 nitrogen and oxygen atoms in total. The van der Waals surface area contributed by atoms with Crippen LogP contribution in [0.2, 0.25) is 0 Å². The lowest BCUT2D eigenvalue weighted by molar-refractivity contribution is -0.395. The number of hydrogen-bond acceptors (Lipinski definition) is 11. The molecule has 0 heterocycles. The Morgan fingerprint density at radius 1 is 1.06 bits per heavy atom.